The first-order valence-electron chi connectivity index (χ1n) is 7.07. The van der Waals surface area contributed by atoms with E-state index >= 15 is 0 Å². The Morgan fingerprint density at radius 2 is 2.05 bits per heavy atom. The molecule has 1 aliphatic carbocycles. The van der Waals surface area contributed by atoms with Gasteiger partial charge in [-0.1, -0.05) is 12.1 Å². The Labute approximate surface area is 123 Å². The molecule has 0 unspecified atom stereocenters. The van der Waals surface area contributed by atoms with Crippen molar-refractivity contribution in [2.24, 2.45) is 0 Å². The van der Waals surface area contributed by atoms with Gasteiger partial charge in [0, 0.05) is 6.04 Å². The molecule has 1 amide bonds. The molecule has 0 aromatic heterocycles. The number of rotatable bonds is 8. The van der Waals surface area contributed by atoms with Crippen LogP contribution in [0.4, 0.5) is 5.69 Å². The van der Waals surface area contributed by atoms with E-state index in [9.17, 15) is 9.59 Å². The number of hydrogen-bond donors (Lipinski definition) is 2. The molecule has 0 spiro atoms. The maximum absolute atomic E-state index is 12.1. The van der Waals surface area contributed by atoms with E-state index in [0.717, 1.165) is 12.8 Å². The van der Waals surface area contributed by atoms with Gasteiger partial charge in [0.1, 0.15) is 5.75 Å². The lowest BCUT2D eigenvalue weighted by molar-refractivity contribution is -0.138. The van der Waals surface area contributed by atoms with Gasteiger partial charge in [0.25, 0.3) is 0 Å². The third-order valence-electron chi connectivity index (χ3n) is 3.21. The Hall–Kier alpha value is -2.08. The molecular formula is C15H20N2O4. The summed E-state index contributed by atoms with van der Waals surface area (Å²) in [6.07, 6.45) is 1.91. The number of nitrogens with zero attached hydrogens (tertiary/aromatic N) is 1. The van der Waals surface area contributed by atoms with Crippen LogP contribution in [0, 0.1) is 0 Å². The van der Waals surface area contributed by atoms with E-state index < -0.39 is 5.97 Å². The molecule has 2 N–H and O–H groups in total. The lowest BCUT2D eigenvalue weighted by Crippen LogP contribution is -2.38. The number of carbonyl (C=O) groups excluding carboxylic acids is 1. The maximum atomic E-state index is 12.1. The number of carboxylic acids is 1. The molecule has 1 saturated carbocycles. The average Bonchev–Trinajstić information content (AvgIpc) is 3.24. The van der Waals surface area contributed by atoms with Crippen molar-refractivity contribution in [3.05, 3.63) is 24.3 Å². The molecule has 6 nitrogen and oxygen atoms in total. The molecule has 0 saturated heterocycles. The van der Waals surface area contributed by atoms with Crippen molar-refractivity contribution in [3.63, 3.8) is 0 Å². The van der Waals surface area contributed by atoms with Crippen LogP contribution in [-0.4, -0.2) is 47.6 Å². The fraction of sp³-hybridized carbons (Fsp3) is 0.467. The minimum Gasteiger partial charge on any atom is -0.492 e. The molecule has 0 atom stereocenters. The second-order valence-corrected chi connectivity index (χ2v) is 5.01. The highest BCUT2D eigenvalue weighted by atomic mass is 16.5. The van der Waals surface area contributed by atoms with Gasteiger partial charge < -0.3 is 15.2 Å². The number of hydrogen-bond acceptors (Lipinski definition) is 4. The summed E-state index contributed by atoms with van der Waals surface area (Å²) in [7, 11) is 0. The first-order valence-corrected chi connectivity index (χ1v) is 7.07. The molecular weight excluding hydrogens is 272 g/mol. The number of ether oxygens (including phenoxy) is 1. The molecule has 114 valence electrons. The number of nitrogens with one attached hydrogen (secondary N) is 1. The first-order chi connectivity index (χ1) is 10.1. The van der Waals surface area contributed by atoms with Crippen molar-refractivity contribution in [2.75, 3.05) is 25.0 Å². The van der Waals surface area contributed by atoms with E-state index in [1.54, 1.807) is 17.0 Å². The fourth-order valence-corrected chi connectivity index (χ4v) is 2.15. The summed E-state index contributed by atoms with van der Waals surface area (Å²) in [4.78, 5) is 24.6. The zero-order valence-corrected chi connectivity index (χ0v) is 12.0. The van der Waals surface area contributed by atoms with Crippen LogP contribution >= 0.6 is 0 Å². The number of anilines is 1. The number of aliphatic carboxylic acids is 1. The van der Waals surface area contributed by atoms with Crippen molar-refractivity contribution in [2.45, 2.75) is 25.8 Å². The Balaban J connectivity index is 1.95. The van der Waals surface area contributed by atoms with Gasteiger partial charge in [0.05, 0.1) is 25.4 Å². The van der Waals surface area contributed by atoms with Crippen LogP contribution in [0.1, 0.15) is 19.8 Å². The average molecular weight is 292 g/mol. The summed E-state index contributed by atoms with van der Waals surface area (Å²) in [5.74, 6) is -0.524. The molecule has 2 rings (SSSR count). The number of carbonyl (C=O) groups is 2. The SMILES string of the molecule is CCOc1ccccc1NC(=O)CN(CC(=O)O)C1CC1. The summed E-state index contributed by atoms with van der Waals surface area (Å²) in [5, 5.41) is 11.7. The third kappa shape index (κ3) is 4.75. The van der Waals surface area contributed by atoms with Gasteiger partial charge in [-0.05, 0) is 31.9 Å². The molecule has 0 aliphatic heterocycles. The van der Waals surface area contributed by atoms with Crippen LogP contribution in [-0.2, 0) is 9.59 Å². The normalized spacial score (nSPS) is 14.0. The zero-order chi connectivity index (χ0) is 15.2. The van der Waals surface area contributed by atoms with Crippen LogP contribution < -0.4 is 10.1 Å². The van der Waals surface area contributed by atoms with Gasteiger partial charge in [0.2, 0.25) is 5.91 Å². The third-order valence-corrected chi connectivity index (χ3v) is 3.21. The molecule has 1 aliphatic rings. The predicted molar refractivity (Wildman–Crippen MR) is 78.5 cm³/mol. The van der Waals surface area contributed by atoms with Crippen molar-refractivity contribution >= 4 is 17.6 Å². The van der Waals surface area contributed by atoms with Gasteiger partial charge in [-0.25, -0.2) is 0 Å². The van der Waals surface area contributed by atoms with Crippen molar-refractivity contribution in [1.29, 1.82) is 0 Å². The largest absolute Gasteiger partial charge is 0.492 e. The van der Waals surface area contributed by atoms with E-state index in [0.29, 0.717) is 18.0 Å². The quantitative estimate of drug-likeness (QED) is 0.760. The molecule has 1 fully saturated rings. The van der Waals surface area contributed by atoms with E-state index in [2.05, 4.69) is 5.32 Å². The number of amides is 1. The van der Waals surface area contributed by atoms with E-state index in [4.69, 9.17) is 9.84 Å². The van der Waals surface area contributed by atoms with E-state index in [1.165, 1.54) is 0 Å². The summed E-state index contributed by atoms with van der Waals surface area (Å²) >= 11 is 0. The van der Waals surface area contributed by atoms with Crippen LogP contribution in [0.15, 0.2) is 24.3 Å². The summed E-state index contributed by atoms with van der Waals surface area (Å²) in [6.45, 7) is 2.36. The molecule has 0 heterocycles. The topological polar surface area (TPSA) is 78.9 Å². The Bertz CT molecular complexity index is 514. The van der Waals surface area contributed by atoms with Crippen LogP contribution in [0.2, 0.25) is 0 Å². The highest BCUT2D eigenvalue weighted by Gasteiger charge is 2.31. The second kappa shape index (κ2) is 7.08. The number of benzene rings is 1. The number of carboxylic acid groups (broad SMARTS) is 1. The van der Waals surface area contributed by atoms with Crippen molar-refractivity contribution in [3.8, 4) is 5.75 Å². The minimum atomic E-state index is -0.913. The molecule has 1 aromatic carbocycles. The van der Waals surface area contributed by atoms with Gasteiger partial charge >= 0.3 is 5.97 Å². The predicted octanol–water partition coefficient (Wildman–Crippen LogP) is 1.57. The highest BCUT2D eigenvalue weighted by Crippen LogP contribution is 2.27. The second-order valence-electron chi connectivity index (χ2n) is 5.01. The molecule has 0 radical (unpaired) electrons. The van der Waals surface area contributed by atoms with Gasteiger partial charge in [-0.15, -0.1) is 0 Å². The van der Waals surface area contributed by atoms with Gasteiger partial charge in [-0.2, -0.15) is 0 Å². The highest BCUT2D eigenvalue weighted by molar-refractivity contribution is 5.94. The van der Waals surface area contributed by atoms with Crippen molar-refractivity contribution in [1.82, 2.24) is 4.90 Å². The lowest BCUT2D eigenvalue weighted by atomic mass is 10.3. The summed E-state index contributed by atoms with van der Waals surface area (Å²) < 4.78 is 5.44. The van der Waals surface area contributed by atoms with Crippen molar-refractivity contribution < 1.29 is 19.4 Å². The zero-order valence-electron chi connectivity index (χ0n) is 12.0. The van der Waals surface area contributed by atoms with Gasteiger partial charge in [-0.3, -0.25) is 14.5 Å². The minimum absolute atomic E-state index is 0.0808. The van der Waals surface area contributed by atoms with Crippen LogP contribution in [0.25, 0.3) is 0 Å². The monoisotopic (exact) mass is 292 g/mol. The first kappa shape index (κ1) is 15.3. The molecule has 21 heavy (non-hydrogen) atoms. The Morgan fingerprint density at radius 3 is 2.67 bits per heavy atom. The Morgan fingerprint density at radius 1 is 1.33 bits per heavy atom. The molecule has 1 aromatic rings. The number of para-hydroxylation sites is 2. The standard InChI is InChI=1S/C15H20N2O4/c1-2-21-13-6-4-3-5-12(13)16-14(18)9-17(10-15(19)20)11-7-8-11/h3-6,11H,2,7-10H2,1H3,(H,16,18)(H,19,20). The van der Waals surface area contributed by atoms with E-state index in [-0.39, 0.29) is 25.0 Å². The maximum Gasteiger partial charge on any atom is 0.317 e. The van der Waals surface area contributed by atoms with E-state index in [1.807, 2.05) is 19.1 Å². The smallest absolute Gasteiger partial charge is 0.317 e. The summed E-state index contributed by atoms with van der Waals surface area (Å²) in [5.41, 5.74) is 0.607. The van der Waals surface area contributed by atoms with Gasteiger partial charge in [0.15, 0.2) is 0 Å². The summed E-state index contributed by atoms with van der Waals surface area (Å²) in [6, 6.07) is 7.42. The van der Waals surface area contributed by atoms with Crippen LogP contribution in [0.5, 0.6) is 5.75 Å². The fourth-order valence-electron chi connectivity index (χ4n) is 2.15. The lowest BCUT2D eigenvalue weighted by Gasteiger charge is -2.19. The Kier molecular flexibility index (Phi) is 5.16. The van der Waals surface area contributed by atoms with Crippen LogP contribution in [0.3, 0.4) is 0 Å². The molecule has 6 heteroatoms. The molecule has 0 bridgehead atoms.